The number of halogens is 3. The number of ether oxygens (including phenoxy) is 1. The van der Waals surface area contributed by atoms with Crippen LogP contribution in [0.25, 0.3) is 0 Å². The number of hydrogen-bond acceptors (Lipinski definition) is 3. The van der Waals surface area contributed by atoms with Crippen LogP contribution in [-0.2, 0) is 10.9 Å². The van der Waals surface area contributed by atoms with E-state index in [2.05, 4.69) is 0 Å². The Morgan fingerprint density at radius 3 is 2.47 bits per heavy atom. The fourth-order valence-corrected chi connectivity index (χ4v) is 1.40. The van der Waals surface area contributed by atoms with Gasteiger partial charge in [-0.1, -0.05) is 12.1 Å². The third kappa shape index (κ3) is 4.81. The van der Waals surface area contributed by atoms with Crippen LogP contribution in [0.4, 0.5) is 13.2 Å². The largest absolute Gasteiger partial charge is 0.416 e. The summed E-state index contributed by atoms with van der Waals surface area (Å²) in [5, 5.41) is 9.83. The second-order valence-electron chi connectivity index (χ2n) is 4.54. The summed E-state index contributed by atoms with van der Waals surface area (Å²) in [6.45, 7) is 1.74. The van der Waals surface area contributed by atoms with Gasteiger partial charge in [-0.15, -0.1) is 0 Å². The standard InChI is InChI=1S/C13H18F3NO2/c1-9(17(2)3)19-8-12(18)10-5-4-6-11(7-10)13(14,15)16/h4-7,9,12,18H,8H2,1-3H3. The number of nitrogens with zero attached hydrogens (tertiary/aromatic N) is 1. The lowest BCUT2D eigenvalue weighted by Crippen LogP contribution is -2.29. The molecule has 0 spiro atoms. The van der Waals surface area contributed by atoms with E-state index in [0.29, 0.717) is 0 Å². The molecule has 0 aliphatic heterocycles. The van der Waals surface area contributed by atoms with Gasteiger partial charge >= 0.3 is 6.18 Å². The van der Waals surface area contributed by atoms with Gasteiger partial charge in [0.05, 0.1) is 12.2 Å². The van der Waals surface area contributed by atoms with Crippen molar-refractivity contribution >= 4 is 0 Å². The maximum atomic E-state index is 12.5. The van der Waals surface area contributed by atoms with Gasteiger partial charge in [-0.25, -0.2) is 0 Å². The molecule has 108 valence electrons. The molecule has 1 N–H and O–H groups in total. The van der Waals surface area contributed by atoms with Crippen LogP contribution < -0.4 is 0 Å². The van der Waals surface area contributed by atoms with Crippen LogP contribution in [0.2, 0.25) is 0 Å². The van der Waals surface area contributed by atoms with E-state index in [1.807, 2.05) is 0 Å². The molecule has 0 radical (unpaired) electrons. The monoisotopic (exact) mass is 277 g/mol. The molecule has 19 heavy (non-hydrogen) atoms. The van der Waals surface area contributed by atoms with Crippen molar-refractivity contribution in [2.24, 2.45) is 0 Å². The number of aliphatic hydroxyl groups is 1. The fraction of sp³-hybridized carbons (Fsp3) is 0.538. The molecule has 1 rings (SSSR count). The summed E-state index contributed by atoms with van der Waals surface area (Å²) < 4.78 is 42.9. The number of aliphatic hydroxyl groups excluding tert-OH is 1. The Kier molecular flexibility index (Phi) is 5.34. The SMILES string of the molecule is CC(OCC(O)c1cccc(C(F)(F)F)c1)N(C)C. The molecule has 0 amide bonds. The Morgan fingerprint density at radius 2 is 1.95 bits per heavy atom. The lowest BCUT2D eigenvalue weighted by molar-refractivity contribution is -0.137. The zero-order chi connectivity index (χ0) is 14.6. The summed E-state index contributed by atoms with van der Waals surface area (Å²) in [6.07, 6.45) is -5.71. The quantitative estimate of drug-likeness (QED) is 0.840. The molecular weight excluding hydrogens is 259 g/mol. The maximum Gasteiger partial charge on any atom is 0.416 e. The molecule has 1 aromatic carbocycles. The normalized spacial score (nSPS) is 15.6. The second-order valence-corrected chi connectivity index (χ2v) is 4.54. The van der Waals surface area contributed by atoms with E-state index >= 15 is 0 Å². The summed E-state index contributed by atoms with van der Waals surface area (Å²) in [4.78, 5) is 1.79. The van der Waals surface area contributed by atoms with Crippen LogP contribution in [0.5, 0.6) is 0 Å². The van der Waals surface area contributed by atoms with Gasteiger partial charge in [0.1, 0.15) is 12.3 Å². The number of rotatable bonds is 5. The minimum absolute atomic E-state index is 0.0549. The Hall–Kier alpha value is -1.11. The van der Waals surface area contributed by atoms with Crippen molar-refractivity contribution in [2.45, 2.75) is 25.4 Å². The van der Waals surface area contributed by atoms with Crippen LogP contribution in [0.1, 0.15) is 24.2 Å². The fourth-order valence-electron chi connectivity index (χ4n) is 1.40. The summed E-state index contributed by atoms with van der Waals surface area (Å²) >= 11 is 0. The second kappa shape index (κ2) is 6.36. The first-order chi connectivity index (χ1) is 8.71. The van der Waals surface area contributed by atoms with Crippen molar-refractivity contribution < 1.29 is 23.0 Å². The molecule has 0 aliphatic rings. The third-order valence-electron chi connectivity index (χ3n) is 2.82. The first kappa shape index (κ1) is 15.9. The maximum absolute atomic E-state index is 12.5. The van der Waals surface area contributed by atoms with Gasteiger partial charge in [-0.2, -0.15) is 13.2 Å². The van der Waals surface area contributed by atoms with Crippen LogP contribution in [-0.4, -0.2) is 36.9 Å². The minimum atomic E-state index is -4.41. The van der Waals surface area contributed by atoms with Gasteiger partial charge in [0.25, 0.3) is 0 Å². The first-order valence-corrected chi connectivity index (χ1v) is 5.85. The molecule has 0 aromatic heterocycles. The van der Waals surface area contributed by atoms with E-state index in [9.17, 15) is 18.3 Å². The highest BCUT2D eigenvalue weighted by Gasteiger charge is 2.30. The lowest BCUT2D eigenvalue weighted by atomic mass is 10.1. The van der Waals surface area contributed by atoms with E-state index in [1.54, 1.807) is 25.9 Å². The average molecular weight is 277 g/mol. The third-order valence-corrected chi connectivity index (χ3v) is 2.82. The van der Waals surface area contributed by atoms with Crippen molar-refractivity contribution in [1.82, 2.24) is 4.90 Å². The van der Waals surface area contributed by atoms with E-state index in [-0.39, 0.29) is 18.4 Å². The predicted molar refractivity (Wildman–Crippen MR) is 65.5 cm³/mol. The van der Waals surface area contributed by atoms with Crippen LogP contribution >= 0.6 is 0 Å². The van der Waals surface area contributed by atoms with Gasteiger partial charge < -0.3 is 9.84 Å². The van der Waals surface area contributed by atoms with Crippen molar-refractivity contribution in [1.29, 1.82) is 0 Å². The predicted octanol–water partition coefficient (Wildman–Crippen LogP) is 2.66. The van der Waals surface area contributed by atoms with Gasteiger partial charge in [0.2, 0.25) is 0 Å². The molecule has 0 saturated carbocycles. The van der Waals surface area contributed by atoms with Crippen molar-refractivity contribution in [2.75, 3.05) is 20.7 Å². The molecule has 0 bridgehead atoms. The highest BCUT2D eigenvalue weighted by molar-refractivity contribution is 5.27. The number of hydrogen-bond donors (Lipinski definition) is 1. The molecule has 2 atom stereocenters. The smallest absolute Gasteiger partial charge is 0.386 e. The molecule has 1 aromatic rings. The highest BCUT2D eigenvalue weighted by Crippen LogP contribution is 2.30. The first-order valence-electron chi connectivity index (χ1n) is 5.85. The average Bonchev–Trinajstić information content (AvgIpc) is 2.34. The molecule has 0 saturated heterocycles. The summed E-state index contributed by atoms with van der Waals surface area (Å²) in [6, 6.07) is 4.63. The molecule has 2 unspecified atom stereocenters. The Balaban J connectivity index is 2.70. The molecule has 3 nitrogen and oxygen atoms in total. The van der Waals surface area contributed by atoms with Gasteiger partial charge in [0.15, 0.2) is 0 Å². The Bertz CT molecular complexity index is 407. The molecule has 0 heterocycles. The van der Waals surface area contributed by atoms with E-state index < -0.39 is 17.8 Å². The van der Waals surface area contributed by atoms with E-state index in [0.717, 1.165) is 12.1 Å². The van der Waals surface area contributed by atoms with E-state index in [1.165, 1.54) is 12.1 Å². The Morgan fingerprint density at radius 1 is 1.32 bits per heavy atom. The topological polar surface area (TPSA) is 32.7 Å². The van der Waals surface area contributed by atoms with Crippen LogP contribution in [0.15, 0.2) is 24.3 Å². The molecule has 0 fully saturated rings. The summed E-state index contributed by atoms with van der Waals surface area (Å²) in [7, 11) is 3.61. The number of benzene rings is 1. The van der Waals surface area contributed by atoms with Crippen molar-refractivity contribution in [3.05, 3.63) is 35.4 Å². The van der Waals surface area contributed by atoms with E-state index in [4.69, 9.17) is 4.74 Å². The zero-order valence-corrected chi connectivity index (χ0v) is 11.1. The van der Waals surface area contributed by atoms with Gasteiger partial charge in [-0.3, -0.25) is 4.90 Å². The van der Waals surface area contributed by atoms with Crippen molar-refractivity contribution in [3.8, 4) is 0 Å². The van der Waals surface area contributed by atoms with Crippen LogP contribution in [0, 0.1) is 0 Å². The Labute approximate surface area is 110 Å². The highest BCUT2D eigenvalue weighted by atomic mass is 19.4. The molecule has 6 heteroatoms. The minimum Gasteiger partial charge on any atom is -0.386 e. The summed E-state index contributed by atoms with van der Waals surface area (Å²) in [5.41, 5.74) is -0.578. The lowest BCUT2D eigenvalue weighted by Gasteiger charge is -2.22. The molecule has 0 aliphatic carbocycles. The zero-order valence-electron chi connectivity index (χ0n) is 11.1. The molecular formula is C13H18F3NO2. The van der Waals surface area contributed by atoms with Crippen LogP contribution in [0.3, 0.4) is 0 Å². The summed E-state index contributed by atoms with van der Waals surface area (Å²) in [5.74, 6) is 0. The number of alkyl halides is 3. The van der Waals surface area contributed by atoms with Gasteiger partial charge in [0, 0.05) is 0 Å². The van der Waals surface area contributed by atoms with Gasteiger partial charge in [-0.05, 0) is 38.7 Å². The van der Waals surface area contributed by atoms with Crippen molar-refractivity contribution in [3.63, 3.8) is 0 Å².